The Labute approximate surface area is 126 Å². The summed E-state index contributed by atoms with van der Waals surface area (Å²) in [4.78, 5) is 12.7. The molecule has 3 fully saturated rings. The maximum absolute atomic E-state index is 12.7. The summed E-state index contributed by atoms with van der Waals surface area (Å²) in [5.41, 5.74) is -0.103. The van der Waals surface area contributed by atoms with Gasteiger partial charge in [-0.3, -0.25) is 4.79 Å². The Kier molecular flexibility index (Phi) is 4.44. The molecule has 114 valence electrons. The molecule has 0 bridgehead atoms. The molecule has 1 atom stereocenters. The fourth-order valence-electron chi connectivity index (χ4n) is 3.88. The van der Waals surface area contributed by atoms with Gasteiger partial charge in [-0.05, 0) is 56.5 Å². The van der Waals surface area contributed by atoms with E-state index in [0.717, 1.165) is 45.1 Å². The molecule has 0 aromatic heterocycles. The Balaban J connectivity index is 1.60. The minimum absolute atomic E-state index is 0.0175. The van der Waals surface area contributed by atoms with E-state index in [1.54, 1.807) is 7.11 Å². The molecule has 2 heterocycles. The molecule has 20 heavy (non-hydrogen) atoms. The van der Waals surface area contributed by atoms with Gasteiger partial charge in [0, 0.05) is 26.1 Å². The van der Waals surface area contributed by atoms with Crippen molar-refractivity contribution in [2.75, 3.05) is 25.2 Å². The van der Waals surface area contributed by atoms with Crippen LogP contribution in [0.3, 0.4) is 0 Å². The van der Waals surface area contributed by atoms with Gasteiger partial charge in [0.2, 0.25) is 0 Å². The van der Waals surface area contributed by atoms with Crippen LogP contribution in [0.2, 0.25) is 0 Å². The summed E-state index contributed by atoms with van der Waals surface area (Å²) < 4.78 is 11.7. The van der Waals surface area contributed by atoms with Crippen molar-refractivity contribution in [3.63, 3.8) is 0 Å². The standard InChI is InChI=1S/C16H26O3S/c1-18-15(4-2-5-15)12-14(17)13-3-8-19-16(11-13)6-9-20-10-7-16/h13H,2-12H2,1H3. The van der Waals surface area contributed by atoms with Crippen LogP contribution in [0.1, 0.15) is 51.4 Å². The second kappa shape index (κ2) is 5.98. The molecule has 3 aliphatic rings. The van der Waals surface area contributed by atoms with Crippen LogP contribution in [-0.2, 0) is 14.3 Å². The Hall–Kier alpha value is -0.0600. The van der Waals surface area contributed by atoms with Gasteiger partial charge in [0.15, 0.2) is 0 Å². The second-order valence-electron chi connectivity index (χ2n) is 6.72. The van der Waals surface area contributed by atoms with Gasteiger partial charge < -0.3 is 9.47 Å². The molecule has 2 saturated heterocycles. The summed E-state index contributed by atoms with van der Waals surface area (Å²) in [7, 11) is 1.76. The van der Waals surface area contributed by atoms with E-state index in [-0.39, 0.29) is 17.1 Å². The first-order chi connectivity index (χ1) is 9.67. The molecule has 1 spiro atoms. The lowest BCUT2D eigenvalue weighted by Gasteiger charge is -2.45. The Bertz CT molecular complexity index is 348. The quantitative estimate of drug-likeness (QED) is 0.798. The molecule has 1 aliphatic carbocycles. The first-order valence-corrected chi connectivity index (χ1v) is 9.12. The van der Waals surface area contributed by atoms with Gasteiger partial charge in [-0.2, -0.15) is 11.8 Å². The number of hydrogen-bond acceptors (Lipinski definition) is 4. The molecular weight excluding hydrogens is 272 g/mol. The molecule has 0 amide bonds. The number of carbonyl (C=O) groups excluding carboxylic acids is 1. The topological polar surface area (TPSA) is 35.5 Å². The molecule has 0 radical (unpaired) electrons. The van der Waals surface area contributed by atoms with Crippen LogP contribution in [0.5, 0.6) is 0 Å². The first kappa shape index (κ1) is 14.9. The van der Waals surface area contributed by atoms with Crippen molar-refractivity contribution in [3.8, 4) is 0 Å². The summed E-state index contributed by atoms with van der Waals surface area (Å²) in [6.45, 7) is 0.765. The first-order valence-electron chi connectivity index (χ1n) is 7.97. The maximum atomic E-state index is 12.7. The van der Waals surface area contributed by atoms with E-state index >= 15 is 0 Å². The average molecular weight is 298 g/mol. The monoisotopic (exact) mass is 298 g/mol. The summed E-state index contributed by atoms with van der Waals surface area (Å²) in [6, 6.07) is 0. The lowest BCUT2D eigenvalue weighted by molar-refractivity contribution is -0.148. The summed E-state index contributed by atoms with van der Waals surface area (Å²) in [5, 5.41) is 0. The van der Waals surface area contributed by atoms with Gasteiger partial charge in [-0.15, -0.1) is 0 Å². The van der Waals surface area contributed by atoms with Crippen molar-refractivity contribution in [1.29, 1.82) is 0 Å². The number of ether oxygens (including phenoxy) is 2. The van der Waals surface area contributed by atoms with E-state index < -0.39 is 0 Å². The Morgan fingerprint density at radius 3 is 2.65 bits per heavy atom. The normalized spacial score (nSPS) is 31.8. The fourth-order valence-corrected chi connectivity index (χ4v) is 5.12. The number of rotatable bonds is 4. The molecule has 3 rings (SSSR count). The molecule has 1 saturated carbocycles. The third kappa shape index (κ3) is 2.93. The third-order valence-corrected chi connectivity index (χ3v) is 6.53. The molecule has 2 aliphatic heterocycles. The van der Waals surface area contributed by atoms with Crippen LogP contribution in [-0.4, -0.2) is 42.2 Å². The highest BCUT2D eigenvalue weighted by Crippen LogP contribution is 2.43. The van der Waals surface area contributed by atoms with E-state index in [4.69, 9.17) is 9.47 Å². The zero-order valence-electron chi connectivity index (χ0n) is 12.5. The van der Waals surface area contributed by atoms with Gasteiger partial charge in [-0.25, -0.2) is 0 Å². The van der Waals surface area contributed by atoms with E-state index in [0.29, 0.717) is 12.2 Å². The Morgan fingerprint density at radius 2 is 2.05 bits per heavy atom. The molecule has 0 aromatic carbocycles. The van der Waals surface area contributed by atoms with Gasteiger partial charge in [0.05, 0.1) is 11.2 Å². The molecule has 3 nitrogen and oxygen atoms in total. The molecule has 0 N–H and O–H groups in total. The third-order valence-electron chi connectivity index (χ3n) is 5.55. The van der Waals surface area contributed by atoms with E-state index in [1.165, 1.54) is 17.9 Å². The van der Waals surface area contributed by atoms with Crippen molar-refractivity contribution < 1.29 is 14.3 Å². The summed E-state index contributed by atoms with van der Waals surface area (Å²) in [6.07, 6.45) is 8.04. The van der Waals surface area contributed by atoms with E-state index in [1.807, 2.05) is 11.8 Å². The number of thioether (sulfide) groups is 1. The average Bonchev–Trinajstić information content (AvgIpc) is 2.43. The predicted molar refractivity (Wildman–Crippen MR) is 81.2 cm³/mol. The minimum atomic E-state index is -0.120. The zero-order valence-corrected chi connectivity index (χ0v) is 13.3. The molecule has 0 aromatic rings. The van der Waals surface area contributed by atoms with Crippen molar-refractivity contribution in [2.45, 2.75) is 62.6 Å². The van der Waals surface area contributed by atoms with Gasteiger partial charge >= 0.3 is 0 Å². The van der Waals surface area contributed by atoms with Crippen molar-refractivity contribution in [1.82, 2.24) is 0 Å². The van der Waals surface area contributed by atoms with Crippen LogP contribution in [0.4, 0.5) is 0 Å². The number of hydrogen-bond donors (Lipinski definition) is 0. The lowest BCUT2D eigenvalue weighted by atomic mass is 9.72. The highest BCUT2D eigenvalue weighted by molar-refractivity contribution is 7.99. The summed E-state index contributed by atoms with van der Waals surface area (Å²) >= 11 is 2.01. The van der Waals surface area contributed by atoms with Crippen molar-refractivity contribution in [3.05, 3.63) is 0 Å². The van der Waals surface area contributed by atoms with Crippen molar-refractivity contribution >= 4 is 17.5 Å². The number of Topliss-reactive ketones (excluding diaryl/α,β-unsaturated/α-hetero) is 1. The van der Waals surface area contributed by atoms with Crippen LogP contribution < -0.4 is 0 Å². The predicted octanol–water partition coefficient (Wildman–Crippen LogP) is 3.21. The Morgan fingerprint density at radius 1 is 1.30 bits per heavy atom. The SMILES string of the molecule is COC1(CC(=O)C2CCOC3(CCSCC3)C2)CCC1. The second-order valence-corrected chi connectivity index (χ2v) is 7.94. The van der Waals surface area contributed by atoms with Crippen LogP contribution in [0.15, 0.2) is 0 Å². The highest BCUT2D eigenvalue weighted by Gasteiger charge is 2.44. The zero-order chi connectivity index (χ0) is 14.1. The maximum Gasteiger partial charge on any atom is 0.139 e. The van der Waals surface area contributed by atoms with Crippen LogP contribution >= 0.6 is 11.8 Å². The largest absolute Gasteiger partial charge is 0.378 e. The highest BCUT2D eigenvalue weighted by atomic mass is 32.2. The van der Waals surface area contributed by atoms with Gasteiger partial charge in [-0.1, -0.05) is 0 Å². The van der Waals surface area contributed by atoms with Gasteiger partial charge in [0.25, 0.3) is 0 Å². The lowest BCUT2D eigenvalue weighted by Crippen LogP contribution is -2.47. The molecule has 4 heteroatoms. The van der Waals surface area contributed by atoms with Crippen LogP contribution in [0.25, 0.3) is 0 Å². The van der Waals surface area contributed by atoms with Crippen molar-refractivity contribution in [2.24, 2.45) is 5.92 Å². The molecular formula is C16H26O3S. The number of methoxy groups -OCH3 is 1. The smallest absolute Gasteiger partial charge is 0.139 e. The minimum Gasteiger partial charge on any atom is -0.378 e. The fraction of sp³-hybridized carbons (Fsp3) is 0.938. The number of carbonyl (C=O) groups is 1. The number of ketones is 1. The molecule has 1 unspecified atom stereocenters. The van der Waals surface area contributed by atoms with Crippen LogP contribution in [0, 0.1) is 5.92 Å². The van der Waals surface area contributed by atoms with E-state index in [9.17, 15) is 4.79 Å². The van der Waals surface area contributed by atoms with E-state index in [2.05, 4.69) is 0 Å². The van der Waals surface area contributed by atoms with Gasteiger partial charge in [0.1, 0.15) is 5.78 Å². The summed E-state index contributed by atoms with van der Waals surface area (Å²) in [5.74, 6) is 3.00.